The first-order valence-corrected chi connectivity index (χ1v) is 11.0. The largest absolute Gasteiger partial charge is 0.300 e. The maximum Gasteiger partial charge on any atom is 0.129 e. The monoisotopic (exact) mass is 387 g/mol. The van der Waals surface area contributed by atoms with Crippen molar-refractivity contribution in [2.24, 2.45) is 0 Å². The molecule has 0 fully saturated rings. The van der Waals surface area contributed by atoms with Crippen LogP contribution in [0, 0.1) is 0 Å². The maximum absolute atomic E-state index is 11.1. The van der Waals surface area contributed by atoms with Crippen molar-refractivity contribution in [3.8, 4) is 0 Å². The second kappa shape index (κ2) is 9.84. The smallest absolute Gasteiger partial charge is 0.129 e. The van der Waals surface area contributed by atoms with E-state index in [1.807, 2.05) is 0 Å². The van der Waals surface area contributed by atoms with Crippen LogP contribution in [0.4, 0.5) is 0 Å². The number of hydrogen-bond acceptors (Lipinski definition) is 1. The Bertz CT molecular complexity index is 612. The van der Waals surface area contributed by atoms with Crippen LogP contribution < -0.4 is 5.19 Å². The molecule has 2 aromatic carbocycles. The molecule has 121 valence electrons. The van der Waals surface area contributed by atoms with Gasteiger partial charge in [-0.25, -0.2) is 0 Å². The van der Waals surface area contributed by atoms with E-state index in [0.29, 0.717) is 5.78 Å². The summed E-state index contributed by atoms with van der Waals surface area (Å²) in [6, 6.07) is 22.1. The van der Waals surface area contributed by atoms with Crippen LogP contribution in [-0.4, -0.2) is 14.6 Å². The normalized spacial score (nSPS) is 10.9. The molecule has 0 heterocycles. The third-order valence-corrected chi connectivity index (χ3v) is 7.50. The van der Waals surface area contributed by atoms with Crippen molar-refractivity contribution in [1.82, 2.24) is 0 Å². The number of halogens is 1. The van der Waals surface area contributed by atoms with Gasteiger partial charge in [0.1, 0.15) is 5.78 Å². The molecule has 1 radical (unpaired) electrons. The van der Waals surface area contributed by atoms with Crippen molar-refractivity contribution in [2.75, 3.05) is 0 Å². The van der Waals surface area contributed by atoms with Gasteiger partial charge in [-0.3, -0.25) is 0 Å². The predicted molar refractivity (Wildman–Crippen MR) is 104 cm³/mol. The Morgan fingerprint density at radius 1 is 1.00 bits per heavy atom. The number of rotatable bonds is 9. The lowest BCUT2D eigenvalue weighted by Crippen LogP contribution is -2.30. The van der Waals surface area contributed by atoms with Crippen LogP contribution >= 0.6 is 15.9 Å². The summed E-state index contributed by atoms with van der Waals surface area (Å²) < 4.78 is 1.16. The first kappa shape index (κ1) is 18.1. The molecule has 0 aliphatic rings. The molecule has 0 aromatic heterocycles. The molecule has 23 heavy (non-hydrogen) atoms. The van der Waals surface area contributed by atoms with Gasteiger partial charge in [0.05, 0.1) is 8.80 Å². The van der Waals surface area contributed by atoms with Crippen LogP contribution in [0.1, 0.15) is 31.7 Å². The standard InChI is InChI=1S/C20H24BrOSi/c1-17(22)8-5-6-14-23(20-11-3-2-4-12-20)15-13-18-9-7-10-19(21)16-18/h2-4,7,9-12,16H,5-6,8,13-15H2,1H3. The first-order valence-electron chi connectivity index (χ1n) is 8.29. The number of unbranched alkanes of at least 4 members (excludes halogenated alkanes) is 1. The lowest BCUT2D eigenvalue weighted by Gasteiger charge is -2.15. The summed E-state index contributed by atoms with van der Waals surface area (Å²) in [6.45, 7) is 1.69. The van der Waals surface area contributed by atoms with Gasteiger partial charge < -0.3 is 4.79 Å². The SMILES string of the molecule is CC(=O)CCCC[Si](CCc1cccc(Br)c1)c1ccccc1. The molecular weight excluding hydrogens is 364 g/mol. The molecular formula is C20H24BrOSi. The van der Waals surface area contributed by atoms with E-state index in [0.717, 1.165) is 23.7 Å². The Morgan fingerprint density at radius 2 is 1.78 bits per heavy atom. The molecule has 1 nitrogen and oxygen atoms in total. The third-order valence-electron chi connectivity index (χ3n) is 4.04. The molecule has 0 amide bonds. The summed E-state index contributed by atoms with van der Waals surface area (Å²) in [6.07, 6.45) is 4.07. The minimum absolute atomic E-state index is 0.313. The average Bonchev–Trinajstić information content (AvgIpc) is 2.55. The van der Waals surface area contributed by atoms with Gasteiger partial charge in [-0.15, -0.1) is 0 Å². The summed E-state index contributed by atoms with van der Waals surface area (Å²) >= 11 is 3.56. The fourth-order valence-corrected chi connectivity index (χ4v) is 5.99. The van der Waals surface area contributed by atoms with E-state index in [9.17, 15) is 4.79 Å². The van der Waals surface area contributed by atoms with Gasteiger partial charge in [0.25, 0.3) is 0 Å². The zero-order valence-corrected chi connectivity index (χ0v) is 16.3. The van der Waals surface area contributed by atoms with E-state index in [1.165, 1.54) is 29.3 Å². The molecule has 0 saturated heterocycles. The van der Waals surface area contributed by atoms with Crippen LogP contribution in [0.15, 0.2) is 59.1 Å². The number of benzene rings is 2. The van der Waals surface area contributed by atoms with Gasteiger partial charge in [-0.1, -0.05) is 82.1 Å². The minimum Gasteiger partial charge on any atom is -0.300 e. The molecule has 0 spiro atoms. The fraction of sp³-hybridized carbons (Fsp3) is 0.350. The van der Waals surface area contributed by atoms with Gasteiger partial charge in [-0.2, -0.15) is 0 Å². The quantitative estimate of drug-likeness (QED) is 0.429. The third kappa shape index (κ3) is 6.84. The summed E-state index contributed by atoms with van der Waals surface area (Å²) in [5.41, 5.74) is 1.40. The molecule has 0 saturated carbocycles. The number of carbonyl (C=O) groups is 1. The highest BCUT2D eigenvalue weighted by atomic mass is 79.9. The lowest BCUT2D eigenvalue weighted by atomic mass is 10.2. The highest BCUT2D eigenvalue weighted by Crippen LogP contribution is 2.16. The van der Waals surface area contributed by atoms with Crippen LogP contribution in [0.5, 0.6) is 0 Å². The van der Waals surface area contributed by atoms with Crippen LogP contribution in [-0.2, 0) is 11.2 Å². The molecule has 0 unspecified atom stereocenters. The van der Waals surface area contributed by atoms with Gasteiger partial charge in [0.2, 0.25) is 0 Å². The number of hydrogen-bond donors (Lipinski definition) is 0. The first-order chi connectivity index (χ1) is 11.1. The highest BCUT2D eigenvalue weighted by Gasteiger charge is 2.14. The van der Waals surface area contributed by atoms with Crippen LogP contribution in [0.2, 0.25) is 12.1 Å². The number of aryl methyl sites for hydroxylation is 1. The summed E-state index contributed by atoms with van der Waals surface area (Å²) in [7, 11) is -0.557. The highest BCUT2D eigenvalue weighted by molar-refractivity contribution is 9.10. The molecule has 2 rings (SSSR count). The van der Waals surface area contributed by atoms with E-state index in [2.05, 4.69) is 70.5 Å². The van der Waals surface area contributed by atoms with Crippen LogP contribution in [0.25, 0.3) is 0 Å². The molecule has 0 N–H and O–H groups in total. The topological polar surface area (TPSA) is 17.1 Å². The molecule has 3 heteroatoms. The van der Waals surface area contributed by atoms with E-state index in [-0.39, 0.29) is 0 Å². The number of Topliss-reactive ketones (excluding diaryl/α,β-unsaturated/α-hetero) is 1. The second-order valence-corrected chi connectivity index (χ2v) is 9.71. The average molecular weight is 388 g/mol. The van der Waals surface area contributed by atoms with Crippen molar-refractivity contribution in [3.05, 3.63) is 64.6 Å². The number of carbonyl (C=O) groups excluding carboxylic acids is 1. The van der Waals surface area contributed by atoms with E-state index < -0.39 is 8.80 Å². The van der Waals surface area contributed by atoms with E-state index in [1.54, 1.807) is 6.92 Å². The van der Waals surface area contributed by atoms with Crippen molar-refractivity contribution in [3.63, 3.8) is 0 Å². The van der Waals surface area contributed by atoms with Gasteiger partial charge in [0, 0.05) is 10.9 Å². The summed E-state index contributed by atoms with van der Waals surface area (Å²) in [4.78, 5) is 11.1. The van der Waals surface area contributed by atoms with E-state index in [4.69, 9.17) is 0 Å². The Kier molecular flexibility index (Phi) is 7.76. The zero-order chi connectivity index (χ0) is 16.5. The van der Waals surface area contributed by atoms with Gasteiger partial charge in [-0.05, 0) is 37.5 Å². The van der Waals surface area contributed by atoms with Crippen molar-refractivity contribution in [2.45, 2.75) is 44.7 Å². The fourth-order valence-electron chi connectivity index (χ4n) is 2.79. The zero-order valence-electron chi connectivity index (χ0n) is 13.7. The number of ketones is 1. The molecule has 0 bridgehead atoms. The second-order valence-electron chi connectivity index (χ2n) is 6.01. The van der Waals surface area contributed by atoms with Crippen molar-refractivity contribution >= 4 is 35.7 Å². The van der Waals surface area contributed by atoms with Gasteiger partial charge in [0.15, 0.2) is 0 Å². The van der Waals surface area contributed by atoms with Crippen molar-refractivity contribution in [1.29, 1.82) is 0 Å². The molecule has 0 aliphatic carbocycles. The van der Waals surface area contributed by atoms with Gasteiger partial charge >= 0.3 is 0 Å². The van der Waals surface area contributed by atoms with E-state index >= 15 is 0 Å². The predicted octanol–water partition coefficient (Wildman–Crippen LogP) is 5.15. The Labute approximate surface area is 149 Å². The Balaban J connectivity index is 1.94. The van der Waals surface area contributed by atoms with Crippen molar-refractivity contribution < 1.29 is 4.79 Å². The maximum atomic E-state index is 11.1. The summed E-state index contributed by atoms with van der Waals surface area (Å²) in [5, 5.41) is 1.52. The lowest BCUT2D eigenvalue weighted by molar-refractivity contribution is -0.117. The Morgan fingerprint density at radius 3 is 2.48 bits per heavy atom. The minimum atomic E-state index is -0.557. The Hall–Kier alpha value is -1.19. The molecule has 2 aromatic rings. The van der Waals surface area contributed by atoms with Crippen LogP contribution in [0.3, 0.4) is 0 Å². The summed E-state index contributed by atoms with van der Waals surface area (Å²) in [5.74, 6) is 0.313. The molecule has 0 aliphatic heterocycles. The molecule has 0 atom stereocenters.